The number of esters is 1. The number of ether oxygens (including phenoxy) is 1. The van der Waals surface area contributed by atoms with Gasteiger partial charge in [0.05, 0.1) is 5.69 Å². The predicted molar refractivity (Wildman–Crippen MR) is 56.5 cm³/mol. The monoisotopic (exact) mass is 227 g/mol. The van der Waals surface area contributed by atoms with E-state index < -0.39 is 5.97 Å². The quantitative estimate of drug-likeness (QED) is 0.627. The van der Waals surface area contributed by atoms with Crippen LogP contribution in [0.3, 0.4) is 0 Å². The molecular formula is C9H10ClN3O2. The Morgan fingerprint density at radius 2 is 2.33 bits per heavy atom. The van der Waals surface area contributed by atoms with Gasteiger partial charge in [-0.05, 0) is 6.42 Å². The number of anilines is 1. The Bertz CT molecular complexity index is 406. The summed E-state index contributed by atoms with van der Waals surface area (Å²) >= 11 is 5.53. The van der Waals surface area contributed by atoms with Crippen LogP contribution < -0.4 is 10.5 Å². The number of nitrogen functional groups attached to an aromatic ring is 1. The van der Waals surface area contributed by atoms with Crippen molar-refractivity contribution in [3.63, 3.8) is 0 Å². The fraction of sp³-hybridized carbons (Fsp3) is 0.222. The molecule has 2 N–H and O–H groups in total. The molecule has 0 atom stereocenters. The average molecular weight is 228 g/mol. The summed E-state index contributed by atoms with van der Waals surface area (Å²) in [5.41, 5.74) is 6.02. The second-order valence-corrected chi connectivity index (χ2v) is 3.16. The summed E-state index contributed by atoms with van der Waals surface area (Å²) in [7, 11) is 0. The van der Waals surface area contributed by atoms with E-state index in [1.165, 1.54) is 6.07 Å². The lowest BCUT2D eigenvalue weighted by Crippen LogP contribution is -2.12. The van der Waals surface area contributed by atoms with Crippen LogP contribution in [0.1, 0.15) is 13.3 Å². The van der Waals surface area contributed by atoms with E-state index in [9.17, 15) is 4.79 Å². The lowest BCUT2D eigenvalue weighted by molar-refractivity contribution is -0.130. The van der Waals surface area contributed by atoms with Crippen LogP contribution in [0.2, 0.25) is 5.15 Å². The van der Waals surface area contributed by atoms with Gasteiger partial charge in [-0.2, -0.15) is 0 Å². The van der Waals surface area contributed by atoms with E-state index in [1.54, 1.807) is 6.92 Å². The van der Waals surface area contributed by atoms with Crippen LogP contribution in [-0.4, -0.2) is 16.2 Å². The van der Waals surface area contributed by atoms with E-state index in [0.717, 1.165) is 0 Å². The molecule has 1 rings (SSSR count). The zero-order valence-corrected chi connectivity index (χ0v) is 8.91. The van der Waals surface area contributed by atoms with E-state index in [-0.39, 0.29) is 16.7 Å². The second-order valence-electron chi connectivity index (χ2n) is 2.77. The molecule has 0 aliphatic heterocycles. The van der Waals surface area contributed by atoms with Crippen molar-refractivity contribution in [2.45, 2.75) is 13.3 Å². The third-order valence-electron chi connectivity index (χ3n) is 1.66. The molecule has 0 aliphatic carbocycles. The number of hydrogen-bond acceptors (Lipinski definition) is 5. The van der Waals surface area contributed by atoms with Crippen LogP contribution >= 0.6 is 11.6 Å². The van der Waals surface area contributed by atoms with Crippen molar-refractivity contribution in [1.82, 2.24) is 10.2 Å². The van der Waals surface area contributed by atoms with E-state index in [1.807, 2.05) is 0 Å². The summed E-state index contributed by atoms with van der Waals surface area (Å²) in [6.07, 6.45) is 0.500. The Hall–Kier alpha value is -1.62. The second kappa shape index (κ2) is 4.75. The maximum atomic E-state index is 11.3. The summed E-state index contributed by atoms with van der Waals surface area (Å²) in [5.74, 6) is -0.625. The van der Waals surface area contributed by atoms with E-state index in [2.05, 4.69) is 16.8 Å². The number of halogens is 1. The molecule has 0 bridgehead atoms. The summed E-state index contributed by atoms with van der Waals surface area (Å²) < 4.78 is 4.86. The molecule has 0 amide bonds. The van der Waals surface area contributed by atoms with Crippen molar-refractivity contribution in [1.29, 1.82) is 0 Å². The van der Waals surface area contributed by atoms with Gasteiger partial charge < -0.3 is 10.5 Å². The first-order valence-electron chi connectivity index (χ1n) is 4.23. The third-order valence-corrected chi connectivity index (χ3v) is 1.85. The Morgan fingerprint density at radius 1 is 1.67 bits per heavy atom. The largest absolute Gasteiger partial charge is 0.400 e. The van der Waals surface area contributed by atoms with Gasteiger partial charge in [0.15, 0.2) is 5.15 Å². The maximum absolute atomic E-state index is 11.3. The Labute approximate surface area is 91.9 Å². The van der Waals surface area contributed by atoms with Crippen LogP contribution in [0.5, 0.6) is 5.88 Å². The van der Waals surface area contributed by atoms with Crippen LogP contribution in [0.15, 0.2) is 18.2 Å². The summed E-state index contributed by atoms with van der Waals surface area (Å²) in [6, 6.07) is 1.35. The number of hydrogen-bond donors (Lipinski definition) is 1. The fourth-order valence-electron chi connectivity index (χ4n) is 0.753. The molecule has 6 heteroatoms. The molecule has 1 heterocycles. The van der Waals surface area contributed by atoms with Crippen LogP contribution in [0.25, 0.3) is 0 Å². The number of carbonyl (C=O) groups is 1. The van der Waals surface area contributed by atoms with Crippen molar-refractivity contribution in [3.05, 3.63) is 23.4 Å². The molecule has 0 aliphatic rings. The zero-order valence-electron chi connectivity index (χ0n) is 8.16. The SMILES string of the molecule is C=C(CC)C(=O)Oc1nnc(Cl)cc1N. The third kappa shape index (κ3) is 2.92. The minimum absolute atomic E-state index is 0.0565. The summed E-state index contributed by atoms with van der Waals surface area (Å²) in [4.78, 5) is 11.3. The van der Waals surface area contributed by atoms with Crippen LogP contribution in [-0.2, 0) is 4.79 Å². The lowest BCUT2D eigenvalue weighted by atomic mass is 10.2. The minimum atomic E-state index is -0.569. The zero-order chi connectivity index (χ0) is 11.4. The van der Waals surface area contributed by atoms with Gasteiger partial charge in [-0.3, -0.25) is 0 Å². The van der Waals surface area contributed by atoms with Crippen molar-refractivity contribution >= 4 is 23.3 Å². The van der Waals surface area contributed by atoms with Gasteiger partial charge in [0.1, 0.15) is 0 Å². The van der Waals surface area contributed by atoms with Crippen LogP contribution in [0, 0.1) is 0 Å². The van der Waals surface area contributed by atoms with Crippen molar-refractivity contribution in [2.24, 2.45) is 0 Å². The minimum Gasteiger partial charge on any atom is -0.400 e. The normalized spacial score (nSPS) is 9.73. The highest BCUT2D eigenvalue weighted by Gasteiger charge is 2.12. The highest BCUT2D eigenvalue weighted by atomic mass is 35.5. The first kappa shape index (κ1) is 11.5. The van der Waals surface area contributed by atoms with Crippen molar-refractivity contribution < 1.29 is 9.53 Å². The molecule has 5 nitrogen and oxygen atoms in total. The molecule has 0 saturated heterocycles. The highest BCUT2D eigenvalue weighted by Crippen LogP contribution is 2.20. The Morgan fingerprint density at radius 3 is 2.87 bits per heavy atom. The molecule has 1 aromatic heterocycles. The van der Waals surface area contributed by atoms with Gasteiger partial charge in [-0.1, -0.05) is 25.1 Å². The van der Waals surface area contributed by atoms with E-state index >= 15 is 0 Å². The van der Waals surface area contributed by atoms with Crippen molar-refractivity contribution in [3.8, 4) is 5.88 Å². The topological polar surface area (TPSA) is 78.1 Å². The molecular weight excluding hydrogens is 218 g/mol. The molecule has 0 fully saturated rings. The molecule has 0 aromatic carbocycles. The molecule has 0 spiro atoms. The standard InChI is InChI=1S/C9H10ClN3O2/c1-3-5(2)9(14)15-8-6(11)4-7(10)12-13-8/h4H,2-3H2,1H3,(H2,11,12). The van der Waals surface area contributed by atoms with Gasteiger partial charge in [0, 0.05) is 11.6 Å². The van der Waals surface area contributed by atoms with Crippen molar-refractivity contribution in [2.75, 3.05) is 5.73 Å². The first-order chi connectivity index (χ1) is 7.04. The number of carbonyl (C=O) groups excluding carboxylic acids is 1. The summed E-state index contributed by atoms with van der Waals surface area (Å²) in [5, 5.41) is 7.19. The predicted octanol–water partition coefficient (Wildman–Crippen LogP) is 1.58. The van der Waals surface area contributed by atoms with Gasteiger partial charge >= 0.3 is 5.97 Å². The average Bonchev–Trinajstić information content (AvgIpc) is 2.20. The molecule has 1 aromatic rings. The van der Waals surface area contributed by atoms with Gasteiger partial charge in [-0.15, -0.1) is 10.2 Å². The number of nitrogens with two attached hydrogens (primary N) is 1. The molecule has 0 unspecified atom stereocenters. The van der Waals surface area contributed by atoms with Crippen LogP contribution in [0.4, 0.5) is 5.69 Å². The van der Waals surface area contributed by atoms with Gasteiger partial charge in [0.2, 0.25) is 0 Å². The highest BCUT2D eigenvalue weighted by molar-refractivity contribution is 6.29. The fourth-order valence-corrected chi connectivity index (χ4v) is 0.909. The molecule has 0 saturated carbocycles. The maximum Gasteiger partial charge on any atom is 0.340 e. The van der Waals surface area contributed by atoms with Gasteiger partial charge in [-0.25, -0.2) is 4.79 Å². The lowest BCUT2D eigenvalue weighted by Gasteiger charge is -2.05. The van der Waals surface area contributed by atoms with E-state index in [4.69, 9.17) is 22.1 Å². The molecule has 0 radical (unpaired) electrons. The molecule has 80 valence electrons. The Kier molecular flexibility index (Phi) is 3.62. The Balaban J connectivity index is 2.81. The number of rotatable bonds is 3. The van der Waals surface area contributed by atoms with Gasteiger partial charge in [0.25, 0.3) is 5.88 Å². The smallest absolute Gasteiger partial charge is 0.340 e. The first-order valence-corrected chi connectivity index (χ1v) is 4.61. The van der Waals surface area contributed by atoms with E-state index in [0.29, 0.717) is 12.0 Å². The number of nitrogens with zero attached hydrogens (tertiary/aromatic N) is 2. The molecule has 15 heavy (non-hydrogen) atoms. The summed E-state index contributed by atoms with van der Waals surface area (Å²) in [6.45, 7) is 5.32. The number of aromatic nitrogens is 2.